The summed E-state index contributed by atoms with van der Waals surface area (Å²) in [5.41, 5.74) is 6.40. The zero-order valence-corrected chi connectivity index (χ0v) is 16.5. The molecular formula is C25H22N2O2. The van der Waals surface area contributed by atoms with Crippen LogP contribution in [-0.4, -0.2) is 11.1 Å². The maximum absolute atomic E-state index is 11.5. The van der Waals surface area contributed by atoms with Gasteiger partial charge in [0.1, 0.15) is 0 Å². The van der Waals surface area contributed by atoms with E-state index in [1.54, 1.807) is 24.3 Å². The number of hydrogen-bond acceptors (Lipinski definition) is 3. The van der Waals surface area contributed by atoms with Crippen molar-refractivity contribution in [2.45, 2.75) is 20.3 Å². The molecule has 29 heavy (non-hydrogen) atoms. The summed E-state index contributed by atoms with van der Waals surface area (Å²) in [6, 6.07) is 22.7. The van der Waals surface area contributed by atoms with Gasteiger partial charge in [0, 0.05) is 23.5 Å². The molecule has 0 heterocycles. The molecule has 0 aromatic heterocycles. The van der Waals surface area contributed by atoms with Gasteiger partial charge in [-0.1, -0.05) is 42.5 Å². The van der Waals surface area contributed by atoms with Crippen LogP contribution in [0.5, 0.6) is 0 Å². The number of nitriles is 1. The topological polar surface area (TPSA) is 64.3 Å². The SMILES string of the molecule is C=C(Cc1ccc(C)cc1)N(c1cccc(C(=O)O)c1)c1ccc(C#N)cc1C. The number of nitrogens with zero attached hydrogens (tertiary/aromatic N) is 2. The fourth-order valence-electron chi connectivity index (χ4n) is 3.27. The summed E-state index contributed by atoms with van der Waals surface area (Å²) in [5.74, 6) is -0.979. The summed E-state index contributed by atoms with van der Waals surface area (Å²) >= 11 is 0. The maximum atomic E-state index is 11.5. The Morgan fingerprint density at radius 2 is 1.79 bits per heavy atom. The van der Waals surface area contributed by atoms with Gasteiger partial charge in [0.25, 0.3) is 0 Å². The van der Waals surface area contributed by atoms with Gasteiger partial charge in [-0.2, -0.15) is 5.26 Å². The first-order valence-corrected chi connectivity index (χ1v) is 9.26. The molecule has 1 N–H and O–H groups in total. The smallest absolute Gasteiger partial charge is 0.335 e. The van der Waals surface area contributed by atoms with Crippen molar-refractivity contribution in [1.29, 1.82) is 5.26 Å². The van der Waals surface area contributed by atoms with E-state index in [4.69, 9.17) is 0 Å². The fourth-order valence-corrected chi connectivity index (χ4v) is 3.27. The van der Waals surface area contributed by atoms with E-state index in [1.807, 2.05) is 36.9 Å². The van der Waals surface area contributed by atoms with E-state index in [9.17, 15) is 15.2 Å². The number of benzene rings is 3. The molecule has 3 rings (SSSR count). The highest BCUT2D eigenvalue weighted by atomic mass is 16.4. The van der Waals surface area contributed by atoms with Gasteiger partial charge in [-0.25, -0.2) is 4.79 Å². The first-order valence-electron chi connectivity index (χ1n) is 9.26. The molecule has 0 atom stereocenters. The highest BCUT2D eigenvalue weighted by molar-refractivity contribution is 5.89. The number of aromatic carboxylic acids is 1. The molecule has 0 saturated heterocycles. The molecule has 0 fully saturated rings. The molecule has 0 unspecified atom stereocenters. The Hall–Kier alpha value is -3.84. The number of allylic oxidation sites excluding steroid dienone is 1. The average molecular weight is 382 g/mol. The van der Waals surface area contributed by atoms with Gasteiger partial charge in [0.15, 0.2) is 0 Å². The monoisotopic (exact) mass is 382 g/mol. The molecule has 3 aromatic rings. The maximum Gasteiger partial charge on any atom is 0.335 e. The fraction of sp³-hybridized carbons (Fsp3) is 0.120. The Morgan fingerprint density at radius 3 is 2.41 bits per heavy atom. The second kappa shape index (κ2) is 8.45. The van der Waals surface area contributed by atoms with Crippen LogP contribution < -0.4 is 4.90 Å². The molecule has 0 saturated carbocycles. The molecule has 0 aliphatic carbocycles. The van der Waals surface area contributed by atoms with Crippen LogP contribution in [0.1, 0.15) is 32.6 Å². The van der Waals surface area contributed by atoms with E-state index in [1.165, 1.54) is 5.56 Å². The molecular weight excluding hydrogens is 360 g/mol. The first kappa shape index (κ1) is 19.9. The minimum Gasteiger partial charge on any atom is -0.478 e. The van der Waals surface area contributed by atoms with Crippen molar-refractivity contribution in [3.8, 4) is 6.07 Å². The van der Waals surface area contributed by atoms with E-state index < -0.39 is 5.97 Å². The summed E-state index contributed by atoms with van der Waals surface area (Å²) in [4.78, 5) is 13.4. The van der Waals surface area contributed by atoms with Crippen LogP contribution in [0.15, 0.2) is 79.0 Å². The third-order valence-electron chi connectivity index (χ3n) is 4.76. The number of rotatable bonds is 6. The van der Waals surface area contributed by atoms with Crippen molar-refractivity contribution in [2.75, 3.05) is 4.90 Å². The lowest BCUT2D eigenvalue weighted by molar-refractivity contribution is 0.0697. The number of carboxylic acids is 1. The number of carboxylic acid groups (broad SMARTS) is 1. The first-order chi connectivity index (χ1) is 13.9. The third-order valence-corrected chi connectivity index (χ3v) is 4.76. The molecule has 0 bridgehead atoms. The summed E-state index contributed by atoms with van der Waals surface area (Å²) in [6.45, 7) is 8.28. The van der Waals surface area contributed by atoms with Gasteiger partial charge in [0.05, 0.1) is 17.2 Å². The standard InChI is InChI=1S/C25H22N2O2/c1-17-7-9-20(10-8-17)14-19(3)27(23-6-4-5-22(15-23)25(28)29)24-12-11-21(16-26)13-18(24)2/h4-13,15H,3,14H2,1-2H3,(H,28,29). The lowest BCUT2D eigenvalue weighted by Crippen LogP contribution is -2.19. The van der Waals surface area contributed by atoms with Crippen molar-refractivity contribution in [1.82, 2.24) is 0 Å². The predicted octanol–water partition coefficient (Wildman–Crippen LogP) is 5.77. The van der Waals surface area contributed by atoms with Crippen molar-refractivity contribution >= 4 is 17.3 Å². The molecule has 0 amide bonds. The molecule has 0 aliphatic heterocycles. The normalized spacial score (nSPS) is 10.2. The van der Waals surface area contributed by atoms with E-state index in [2.05, 4.69) is 36.9 Å². The van der Waals surface area contributed by atoms with E-state index in [0.717, 1.165) is 28.2 Å². The van der Waals surface area contributed by atoms with Gasteiger partial charge in [-0.3, -0.25) is 0 Å². The van der Waals surface area contributed by atoms with Crippen LogP contribution in [0.25, 0.3) is 0 Å². The molecule has 144 valence electrons. The second-order valence-corrected chi connectivity index (χ2v) is 7.03. The Labute approximate surface area is 171 Å². The van der Waals surface area contributed by atoms with Crippen LogP contribution in [0.3, 0.4) is 0 Å². The Kier molecular flexibility index (Phi) is 5.80. The molecule has 4 nitrogen and oxygen atoms in total. The van der Waals surface area contributed by atoms with Crippen LogP contribution in [0, 0.1) is 25.2 Å². The van der Waals surface area contributed by atoms with E-state index in [-0.39, 0.29) is 5.56 Å². The Morgan fingerprint density at radius 1 is 1.07 bits per heavy atom. The number of anilines is 2. The zero-order chi connectivity index (χ0) is 21.0. The van der Waals surface area contributed by atoms with Crippen LogP contribution in [0.2, 0.25) is 0 Å². The molecule has 0 spiro atoms. The van der Waals surface area contributed by atoms with Crippen LogP contribution in [0.4, 0.5) is 11.4 Å². The summed E-state index contributed by atoms with van der Waals surface area (Å²) in [6.07, 6.45) is 0.608. The highest BCUT2D eigenvalue weighted by Crippen LogP contribution is 2.34. The third kappa shape index (κ3) is 4.53. The molecule has 3 aromatic carbocycles. The second-order valence-electron chi connectivity index (χ2n) is 7.03. The van der Waals surface area contributed by atoms with Crippen molar-refractivity contribution in [3.63, 3.8) is 0 Å². The van der Waals surface area contributed by atoms with E-state index in [0.29, 0.717) is 12.0 Å². The van der Waals surface area contributed by atoms with Gasteiger partial charge in [0.2, 0.25) is 0 Å². The number of aryl methyl sites for hydroxylation is 2. The Bertz CT molecular complexity index is 1110. The van der Waals surface area contributed by atoms with Gasteiger partial charge in [-0.15, -0.1) is 0 Å². The minimum absolute atomic E-state index is 0.210. The largest absolute Gasteiger partial charge is 0.478 e. The van der Waals surface area contributed by atoms with E-state index >= 15 is 0 Å². The summed E-state index contributed by atoms with van der Waals surface area (Å²) < 4.78 is 0. The molecule has 0 radical (unpaired) electrons. The lowest BCUT2D eigenvalue weighted by Gasteiger charge is -2.29. The number of hydrogen-bond donors (Lipinski definition) is 1. The van der Waals surface area contributed by atoms with Gasteiger partial charge in [-0.05, 0) is 61.4 Å². The summed E-state index contributed by atoms with van der Waals surface area (Å²) in [7, 11) is 0. The zero-order valence-electron chi connectivity index (χ0n) is 16.5. The quantitative estimate of drug-likeness (QED) is 0.588. The van der Waals surface area contributed by atoms with Crippen molar-refractivity contribution < 1.29 is 9.90 Å². The van der Waals surface area contributed by atoms with Crippen molar-refractivity contribution in [2.24, 2.45) is 0 Å². The lowest BCUT2D eigenvalue weighted by atomic mass is 10.0. The van der Waals surface area contributed by atoms with Gasteiger partial charge >= 0.3 is 5.97 Å². The minimum atomic E-state index is -0.979. The average Bonchev–Trinajstić information content (AvgIpc) is 2.71. The number of carbonyl (C=O) groups is 1. The van der Waals surface area contributed by atoms with Crippen LogP contribution in [-0.2, 0) is 6.42 Å². The predicted molar refractivity (Wildman–Crippen MR) is 115 cm³/mol. The molecule has 0 aliphatic rings. The van der Waals surface area contributed by atoms with Gasteiger partial charge < -0.3 is 10.0 Å². The van der Waals surface area contributed by atoms with Crippen LogP contribution >= 0.6 is 0 Å². The summed E-state index contributed by atoms with van der Waals surface area (Å²) in [5, 5.41) is 18.6. The Balaban J connectivity index is 2.07. The molecule has 4 heteroatoms. The highest BCUT2D eigenvalue weighted by Gasteiger charge is 2.17. The van der Waals surface area contributed by atoms with Crippen molar-refractivity contribution in [3.05, 3.63) is 107 Å².